The monoisotopic (exact) mass is 744 g/mol. The predicted molar refractivity (Wildman–Crippen MR) is 239 cm³/mol. The second kappa shape index (κ2) is 44.2. The number of nitrogens with one attached hydrogen (secondary N) is 1. The second-order valence-electron chi connectivity index (χ2n) is 14.0. The zero-order chi connectivity index (χ0) is 39.3. The van der Waals surface area contributed by atoms with E-state index in [4.69, 9.17) is 0 Å². The number of aliphatic hydroxyl groups is 2. The molecule has 0 saturated heterocycles. The lowest BCUT2D eigenvalue weighted by Crippen LogP contribution is -2.45. The molecular formula is C50H81NO3. The Morgan fingerprint density at radius 2 is 0.815 bits per heavy atom. The van der Waals surface area contributed by atoms with Crippen LogP contribution in [0.4, 0.5) is 0 Å². The quantitative estimate of drug-likeness (QED) is 0.0438. The van der Waals surface area contributed by atoms with Crippen LogP contribution in [-0.4, -0.2) is 34.9 Å². The molecule has 4 nitrogen and oxygen atoms in total. The molecule has 0 heterocycles. The van der Waals surface area contributed by atoms with Crippen LogP contribution in [-0.2, 0) is 4.79 Å². The molecule has 0 fully saturated rings. The Kier molecular flexibility index (Phi) is 41.6. The van der Waals surface area contributed by atoms with Crippen molar-refractivity contribution in [1.82, 2.24) is 5.32 Å². The fourth-order valence-corrected chi connectivity index (χ4v) is 5.65. The normalized spacial score (nSPS) is 14.2. The summed E-state index contributed by atoms with van der Waals surface area (Å²) in [5.74, 6) is -0.0864. The number of hydrogen-bond acceptors (Lipinski definition) is 3. The van der Waals surface area contributed by atoms with E-state index >= 15 is 0 Å². The maximum atomic E-state index is 12.2. The lowest BCUT2D eigenvalue weighted by atomic mass is 10.0. The summed E-state index contributed by atoms with van der Waals surface area (Å²) < 4.78 is 0. The van der Waals surface area contributed by atoms with Crippen LogP contribution in [0, 0.1) is 0 Å². The zero-order valence-electron chi connectivity index (χ0n) is 34.7. The van der Waals surface area contributed by atoms with Crippen LogP contribution >= 0.6 is 0 Å². The highest BCUT2D eigenvalue weighted by molar-refractivity contribution is 5.76. The van der Waals surface area contributed by atoms with E-state index in [1.54, 1.807) is 6.08 Å². The van der Waals surface area contributed by atoms with Gasteiger partial charge in [0, 0.05) is 6.42 Å². The van der Waals surface area contributed by atoms with Crippen LogP contribution in [0.2, 0.25) is 0 Å². The van der Waals surface area contributed by atoms with Crippen LogP contribution in [0.25, 0.3) is 0 Å². The summed E-state index contributed by atoms with van der Waals surface area (Å²) in [5.41, 5.74) is 0. The summed E-state index contributed by atoms with van der Waals surface area (Å²) >= 11 is 0. The van der Waals surface area contributed by atoms with E-state index < -0.39 is 12.1 Å². The van der Waals surface area contributed by atoms with Crippen molar-refractivity contribution in [3.63, 3.8) is 0 Å². The number of hydrogen-bond donors (Lipinski definition) is 3. The van der Waals surface area contributed by atoms with Crippen molar-refractivity contribution in [3.05, 3.63) is 122 Å². The Morgan fingerprint density at radius 3 is 1.19 bits per heavy atom. The number of allylic oxidation sites excluding steroid dienone is 19. The van der Waals surface area contributed by atoms with E-state index in [1.807, 2.05) is 6.08 Å². The van der Waals surface area contributed by atoms with Gasteiger partial charge >= 0.3 is 0 Å². The van der Waals surface area contributed by atoms with Gasteiger partial charge in [-0.3, -0.25) is 4.79 Å². The number of aliphatic hydroxyl groups excluding tert-OH is 2. The Balaban J connectivity index is 3.55. The average Bonchev–Trinajstić information content (AvgIpc) is 3.17. The summed E-state index contributed by atoms with van der Waals surface area (Å²) in [6.45, 7) is 3.98. The molecule has 0 saturated carbocycles. The van der Waals surface area contributed by atoms with Crippen LogP contribution in [0.1, 0.15) is 168 Å². The molecule has 0 aliphatic heterocycles. The van der Waals surface area contributed by atoms with Crippen molar-refractivity contribution in [2.75, 3.05) is 6.61 Å². The number of amides is 1. The third-order valence-corrected chi connectivity index (χ3v) is 8.93. The van der Waals surface area contributed by atoms with Crippen LogP contribution < -0.4 is 5.32 Å². The minimum atomic E-state index is -0.842. The molecule has 0 aliphatic carbocycles. The summed E-state index contributed by atoms with van der Waals surface area (Å²) in [6.07, 6.45) is 69.5. The van der Waals surface area contributed by atoms with Gasteiger partial charge in [0.25, 0.3) is 0 Å². The van der Waals surface area contributed by atoms with E-state index in [-0.39, 0.29) is 12.5 Å². The molecule has 0 aliphatic rings. The molecule has 0 aromatic heterocycles. The van der Waals surface area contributed by atoms with Gasteiger partial charge in [-0.15, -0.1) is 0 Å². The fourth-order valence-electron chi connectivity index (χ4n) is 5.65. The fraction of sp³-hybridized carbons (Fsp3) is 0.580. The third kappa shape index (κ3) is 40.0. The van der Waals surface area contributed by atoms with Crippen molar-refractivity contribution >= 4 is 5.91 Å². The van der Waals surface area contributed by atoms with E-state index in [1.165, 1.54) is 64.2 Å². The van der Waals surface area contributed by atoms with Crippen LogP contribution in [0.3, 0.4) is 0 Å². The topological polar surface area (TPSA) is 69.6 Å². The Bertz CT molecular complexity index is 1120. The molecular weight excluding hydrogens is 663 g/mol. The van der Waals surface area contributed by atoms with Crippen molar-refractivity contribution in [1.29, 1.82) is 0 Å². The molecule has 2 atom stereocenters. The maximum Gasteiger partial charge on any atom is 0.220 e. The predicted octanol–water partition coefficient (Wildman–Crippen LogP) is 13.8. The lowest BCUT2D eigenvalue weighted by molar-refractivity contribution is -0.123. The van der Waals surface area contributed by atoms with Gasteiger partial charge < -0.3 is 15.5 Å². The molecule has 0 spiro atoms. The summed E-state index contributed by atoms with van der Waals surface area (Å²) in [4.78, 5) is 12.2. The van der Waals surface area contributed by atoms with Gasteiger partial charge in [0.1, 0.15) is 0 Å². The zero-order valence-corrected chi connectivity index (χ0v) is 34.7. The number of carbonyl (C=O) groups excluding carboxylic acids is 1. The minimum absolute atomic E-state index is 0.0864. The van der Waals surface area contributed by atoms with Crippen molar-refractivity contribution in [2.24, 2.45) is 0 Å². The average molecular weight is 744 g/mol. The summed E-state index contributed by atoms with van der Waals surface area (Å²) in [7, 11) is 0. The van der Waals surface area contributed by atoms with Crippen LogP contribution in [0.15, 0.2) is 122 Å². The third-order valence-electron chi connectivity index (χ3n) is 8.93. The van der Waals surface area contributed by atoms with Gasteiger partial charge in [0.05, 0.1) is 18.8 Å². The van der Waals surface area contributed by atoms with Gasteiger partial charge in [-0.25, -0.2) is 0 Å². The molecule has 304 valence electrons. The standard InChI is InChI=1S/C50H81NO3/c1-3-5-7-8-9-10-11-12-13-14-15-16-17-18-19-20-21-22-23-24-25-26-27-28-29-30-31-32-33-34-35-36-37-38-39-40-41-42-44-46-50(54)51-48(47-52)49(53)45-43-6-4-2/h5,7,9-10,12-13,15-16,18-19,21-22,24-25,27-28,30-31,43,45,48-49,52-53H,3-4,6,8,11,14,17,20,23,26,29,32-42,44,46-47H2,1-2H3,(H,51,54)/b7-5-,10-9-,13-12-,16-15-,19-18-,22-21-,25-24-,28-27-,31-30-,45-43+. The first-order valence-electron chi connectivity index (χ1n) is 21.7. The van der Waals surface area contributed by atoms with Gasteiger partial charge in [-0.1, -0.05) is 200 Å². The highest BCUT2D eigenvalue weighted by Crippen LogP contribution is 2.13. The van der Waals surface area contributed by atoms with Crippen molar-refractivity contribution in [3.8, 4) is 0 Å². The molecule has 54 heavy (non-hydrogen) atoms. The molecule has 0 aromatic carbocycles. The minimum Gasteiger partial charge on any atom is -0.394 e. The van der Waals surface area contributed by atoms with Crippen molar-refractivity contribution in [2.45, 2.75) is 180 Å². The molecule has 0 rings (SSSR count). The first kappa shape index (κ1) is 50.8. The number of unbranched alkanes of at least 4 members (excludes halogenated alkanes) is 12. The first-order chi connectivity index (χ1) is 26.7. The summed E-state index contributed by atoms with van der Waals surface area (Å²) in [5, 5.41) is 22.4. The molecule has 0 bridgehead atoms. The molecule has 1 amide bonds. The van der Waals surface area contributed by atoms with Gasteiger partial charge in [-0.05, 0) is 83.5 Å². The Hall–Kier alpha value is -3.21. The maximum absolute atomic E-state index is 12.2. The Labute approximate surface area is 333 Å². The molecule has 0 radical (unpaired) electrons. The highest BCUT2D eigenvalue weighted by Gasteiger charge is 2.17. The van der Waals surface area contributed by atoms with E-state index in [9.17, 15) is 15.0 Å². The SMILES string of the molecule is CC/C=C\C/C=C\C/C=C\C/C=C\C/C=C\C/C=C\C/C=C\C/C=C\C/C=C\CCCCCCCCCCCCCC(=O)NC(CO)C(O)/C=C/CCC. The molecule has 3 N–H and O–H groups in total. The summed E-state index contributed by atoms with van der Waals surface area (Å²) in [6, 6.07) is -0.626. The lowest BCUT2D eigenvalue weighted by Gasteiger charge is -2.19. The van der Waals surface area contributed by atoms with Gasteiger partial charge in [0.15, 0.2) is 0 Å². The second-order valence-corrected chi connectivity index (χ2v) is 14.0. The van der Waals surface area contributed by atoms with E-state index in [0.717, 1.165) is 83.5 Å². The van der Waals surface area contributed by atoms with E-state index in [2.05, 4.69) is 129 Å². The number of carbonyl (C=O) groups is 1. The van der Waals surface area contributed by atoms with E-state index in [0.29, 0.717) is 6.42 Å². The van der Waals surface area contributed by atoms with Gasteiger partial charge in [0.2, 0.25) is 5.91 Å². The largest absolute Gasteiger partial charge is 0.394 e. The smallest absolute Gasteiger partial charge is 0.220 e. The Morgan fingerprint density at radius 1 is 0.463 bits per heavy atom. The molecule has 4 heteroatoms. The molecule has 2 unspecified atom stereocenters. The van der Waals surface area contributed by atoms with Crippen LogP contribution in [0.5, 0.6) is 0 Å². The highest BCUT2D eigenvalue weighted by atomic mass is 16.3. The molecule has 0 aromatic rings. The first-order valence-corrected chi connectivity index (χ1v) is 21.7. The van der Waals surface area contributed by atoms with Gasteiger partial charge in [-0.2, -0.15) is 0 Å². The van der Waals surface area contributed by atoms with Crippen molar-refractivity contribution < 1.29 is 15.0 Å². The number of rotatable bonds is 37.